The van der Waals surface area contributed by atoms with Crippen LogP contribution in [0.5, 0.6) is 5.75 Å². The Morgan fingerprint density at radius 1 is 1.00 bits per heavy atom. The summed E-state index contributed by atoms with van der Waals surface area (Å²) in [6, 6.07) is 19.0. The topological polar surface area (TPSA) is 134 Å². The molecule has 5 heterocycles. The molecule has 8 rings (SSSR count). The minimum absolute atomic E-state index is 0.0713. The highest BCUT2D eigenvalue weighted by atomic mass is 16.5. The summed E-state index contributed by atoms with van der Waals surface area (Å²) < 4.78 is 9.10. The van der Waals surface area contributed by atoms with Crippen molar-refractivity contribution >= 4 is 29.2 Å². The molecule has 0 radical (unpaired) electrons. The first-order valence-corrected chi connectivity index (χ1v) is 14.2. The molecule has 2 aliphatic rings. The number of fused-ring (bicyclic) bond motifs is 3. The number of benzene rings is 2. The van der Waals surface area contributed by atoms with Crippen LogP contribution in [0.2, 0.25) is 0 Å². The zero-order chi connectivity index (χ0) is 29.9. The van der Waals surface area contributed by atoms with Crippen LogP contribution in [-0.4, -0.2) is 53.5 Å². The average molecular weight is 583 g/mol. The van der Waals surface area contributed by atoms with E-state index >= 15 is 0 Å². The lowest BCUT2D eigenvalue weighted by atomic mass is 10.1. The number of imidazole rings is 1. The molecule has 0 unspecified atom stereocenters. The third-order valence-electron chi connectivity index (χ3n) is 8.53. The Morgan fingerprint density at radius 3 is 2.70 bits per heavy atom. The Labute approximate surface area is 251 Å². The SMILES string of the molecule is COc1cc2c(cc1C=O)C(=O)N([C@H]1CCc3cc(-n4c(-c5cccnc5N)nc5ccc(-n6cccn6)nc54)ccc31)C2. The highest BCUT2D eigenvalue weighted by Crippen LogP contribution is 2.42. The van der Waals surface area contributed by atoms with Gasteiger partial charge in [-0.1, -0.05) is 6.07 Å². The number of rotatable bonds is 6. The molecule has 1 amide bonds. The van der Waals surface area contributed by atoms with Crippen LogP contribution < -0.4 is 10.5 Å². The van der Waals surface area contributed by atoms with Gasteiger partial charge in [0.05, 0.1) is 24.3 Å². The fourth-order valence-corrected chi connectivity index (χ4v) is 6.45. The first kappa shape index (κ1) is 25.8. The van der Waals surface area contributed by atoms with E-state index in [-0.39, 0.29) is 11.9 Å². The monoisotopic (exact) mass is 582 g/mol. The van der Waals surface area contributed by atoms with Gasteiger partial charge in [-0.25, -0.2) is 19.6 Å². The quantitative estimate of drug-likeness (QED) is 0.279. The number of pyridine rings is 2. The number of nitrogens with zero attached hydrogens (tertiary/aromatic N) is 7. The number of ether oxygens (including phenoxy) is 1. The molecular weight excluding hydrogens is 556 g/mol. The van der Waals surface area contributed by atoms with E-state index in [0.717, 1.165) is 41.5 Å². The van der Waals surface area contributed by atoms with Crippen molar-refractivity contribution in [3.8, 4) is 28.6 Å². The highest BCUT2D eigenvalue weighted by molar-refractivity contribution is 6.00. The first-order valence-electron chi connectivity index (χ1n) is 14.2. The van der Waals surface area contributed by atoms with Gasteiger partial charge in [-0.2, -0.15) is 5.10 Å². The average Bonchev–Trinajstić information content (AvgIpc) is 3.85. The molecule has 6 aromatic rings. The van der Waals surface area contributed by atoms with Crippen molar-refractivity contribution in [3.63, 3.8) is 0 Å². The molecule has 0 spiro atoms. The van der Waals surface area contributed by atoms with Crippen LogP contribution in [0.25, 0.3) is 34.1 Å². The third kappa shape index (κ3) is 3.89. The molecule has 4 aromatic heterocycles. The molecule has 44 heavy (non-hydrogen) atoms. The molecule has 2 N–H and O–H groups in total. The number of hydrogen-bond donors (Lipinski definition) is 1. The summed E-state index contributed by atoms with van der Waals surface area (Å²) in [5.41, 5.74) is 13.3. The summed E-state index contributed by atoms with van der Waals surface area (Å²) >= 11 is 0. The van der Waals surface area contributed by atoms with Gasteiger partial charge >= 0.3 is 0 Å². The molecule has 0 saturated heterocycles. The van der Waals surface area contributed by atoms with E-state index < -0.39 is 0 Å². The number of carbonyl (C=O) groups excluding carboxylic acids is 2. The lowest BCUT2D eigenvalue weighted by molar-refractivity contribution is 0.0701. The van der Waals surface area contributed by atoms with Gasteiger partial charge in [0.15, 0.2) is 23.6 Å². The summed E-state index contributed by atoms with van der Waals surface area (Å²) in [6.07, 6.45) is 7.54. The minimum atomic E-state index is -0.0814. The first-order chi connectivity index (χ1) is 21.5. The number of amides is 1. The highest BCUT2D eigenvalue weighted by Gasteiger charge is 2.37. The normalized spacial score (nSPS) is 15.5. The molecule has 1 atom stereocenters. The van der Waals surface area contributed by atoms with Crippen molar-refractivity contribution in [2.24, 2.45) is 0 Å². The van der Waals surface area contributed by atoms with Crippen LogP contribution in [0.3, 0.4) is 0 Å². The summed E-state index contributed by atoms with van der Waals surface area (Å²) in [6.45, 7) is 0.465. The van der Waals surface area contributed by atoms with Crippen molar-refractivity contribution < 1.29 is 14.3 Å². The number of nitrogen functional groups attached to an aromatic ring is 1. The molecule has 1 aliphatic heterocycles. The largest absolute Gasteiger partial charge is 0.496 e. The van der Waals surface area contributed by atoms with E-state index in [4.69, 9.17) is 20.4 Å². The standard InChI is InChI=1S/C33H26N8O3/c1-44-28-16-20-17-39(33(43)25(20)15-21(28)18-42)27-9-5-19-14-22(6-7-23(19)27)41-31(24-4-2-11-35-30(24)34)37-26-8-10-29(38-32(26)41)40-13-3-12-36-40/h2-4,6-8,10-16,18,27H,5,9,17H2,1H3,(H2,34,35)/t27-/m0/s1. The number of anilines is 1. The van der Waals surface area contributed by atoms with Crippen LogP contribution in [0.4, 0.5) is 5.82 Å². The maximum atomic E-state index is 13.5. The van der Waals surface area contributed by atoms with E-state index in [2.05, 4.69) is 22.2 Å². The van der Waals surface area contributed by atoms with Gasteiger partial charge in [-0.05, 0) is 84.1 Å². The molecule has 0 fully saturated rings. The number of hydrogen-bond acceptors (Lipinski definition) is 8. The van der Waals surface area contributed by atoms with E-state index in [1.807, 2.05) is 52.1 Å². The number of nitrogens with two attached hydrogens (primary N) is 1. The lowest BCUT2D eigenvalue weighted by Gasteiger charge is -2.25. The van der Waals surface area contributed by atoms with Gasteiger partial charge in [0.25, 0.3) is 5.91 Å². The minimum Gasteiger partial charge on any atom is -0.496 e. The molecule has 11 nitrogen and oxygen atoms in total. The van der Waals surface area contributed by atoms with Gasteiger partial charge in [0.2, 0.25) is 0 Å². The second kappa shape index (κ2) is 9.87. The van der Waals surface area contributed by atoms with Gasteiger partial charge in [0.1, 0.15) is 17.1 Å². The fourth-order valence-electron chi connectivity index (χ4n) is 6.45. The summed E-state index contributed by atoms with van der Waals surface area (Å²) in [7, 11) is 1.53. The maximum absolute atomic E-state index is 13.5. The maximum Gasteiger partial charge on any atom is 0.255 e. The Bertz CT molecular complexity index is 2120. The second-order valence-electron chi connectivity index (χ2n) is 10.9. The van der Waals surface area contributed by atoms with Crippen LogP contribution >= 0.6 is 0 Å². The van der Waals surface area contributed by atoms with Crippen LogP contribution in [0, 0.1) is 0 Å². The summed E-state index contributed by atoms with van der Waals surface area (Å²) in [4.78, 5) is 41.2. The molecule has 216 valence electrons. The Balaban J connectivity index is 1.22. The molecule has 1 aliphatic carbocycles. The number of methoxy groups -OCH3 is 1. The Hall–Kier alpha value is -5.84. The molecular formula is C33H26N8O3. The molecule has 0 saturated carbocycles. The van der Waals surface area contributed by atoms with Crippen molar-refractivity contribution in [2.45, 2.75) is 25.4 Å². The van der Waals surface area contributed by atoms with Crippen molar-refractivity contribution in [2.75, 3.05) is 12.8 Å². The molecule has 2 aromatic carbocycles. The zero-order valence-electron chi connectivity index (χ0n) is 23.7. The molecule has 0 bridgehead atoms. The van der Waals surface area contributed by atoms with E-state index in [1.165, 1.54) is 7.11 Å². The van der Waals surface area contributed by atoms with E-state index in [9.17, 15) is 9.59 Å². The van der Waals surface area contributed by atoms with E-state index in [0.29, 0.717) is 57.6 Å². The lowest BCUT2D eigenvalue weighted by Crippen LogP contribution is -2.27. The molecule has 11 heteroatoms. The Morgan fingerprint density at radius 2 is 1.91 bits per heavy atom. The zero-order valence-corrected chi connectivity index (χ0v) is 23.7. The van der Waals surface area contributed by atoms with Crippen molar-refractivity contribution in [3.05, 3.63) is 107 Å². The van der Waals surface area contributed by atoms with Gasteiger partial charge in [-0.3, -0.25) is 14.2 Å². The van der Waals surface area contributed by atoms with Gasteiger partial charge in [0, 0.05) is 36.4 Å². The smallest absolute Gasteiger partial charge is 0.255 e. The number of carbonyl (C=O) groups is 2. The van der Waals surface area contributed by atoms with Gasteiger partial charge < -0.3 is 15.4 Å². The van der Waals surface area contributed by atoms with Crippen molar-refractivity contribution in [1.29, 1.82) is 0 Å². The number of aryl methyl sites for hydroxylation is 1. The van der Waals surface area contributed by atoms with Crippen molar-refractivity contribution in [1.82, 2.24) is 34.2 Å². The third-order valence-corrected chi connectivity index (χ3v) is 8.53. The van der Waals surface area contributed by atoms with E-state index in [1.54, 1.807) is 29.2 Å². The van der Waals surface area contributed by atoms with Crippen LogP contribution in [0.15, 0.2) is 79.3 Å². The van der Waals surface area contributed by atoms with Crippen LogP contribution in [-0.2, 0) is 13.0 Å². The van der Waals surface area contributed by atoms with Crippen LogP contribution in [0.1, 0.15) is 49.9 Å². The predicted octanol–water partition coefficient (Wildman–Crippen LogP) is 4.71. The van der Waals surface area contributed by atoms with Gasteiger partial charge in [-0.15, -0.1) is 0 Å². The number of aldehydes is 1. The second-order valence-corrected chi connectivity index (χ2v) is 10.9. The fraction of sp³-hybridized carbons (Fsp3) is 0.152. The predicted molar refractivity (Wildman–Crippen MR) is 163 cm³/mol. The number of aromatic nitrogens is 6. The Kier molecular flexibility index (Phi) is 5.80. The summed E-state index contributed by atoms with van der Waals surface area (Å²) in [5, 5.41) is 4.35. The summed E-state index contributed by atoms with van der Waals surface area (Å²) in [5.74, 6) is 2.08.